The van der Waals surface area contributed by atoms with Gasteiger partial charge < -0.3 is 14.5 Å². The zero-order chi connectivity index (χ0) is 8.39. The second kappa shape index (κ2) is 3.29. The lowest BCUT2D eigenvalue weighted by molar-refractivity contribution is 0.163. The molecule has 1 aromatic rings. The van der Waals surface area contributed by atoms with E-state index >= 15 is 0 Å². The first-order valence-corrected chi connectivity index (χ1v) is 4.20. The molecule has 1 atom stereocenters. The molecule has 1 unspecified atom stereocenters. The van der Waals surface area contributed by atoms with Crippen LogP contribution in [0.5, 0.6) is 0 Å². The van der Waals surface area contributed by atoms with E-state index in [0.29, 0.717) is 12.6 Å². The summed E-state index contributed by atoms with van der Waals surface area (Å²) in [5.41, 5.74) is 1.25. The Morgan fingerprint density at radius 1 is 1.75 bits per heavy atom. The Morgan fingerprint density at radius 3 is 3.50 bits per heavy atom. The van der Waals surface area contributed by atoms with Gasteiger partial charge in [0.1, 0.15) is 5.76 Å². The van der Waals surface area contributed by atoms with Crippen molar-refractivity contribution in [1.82, 2.24) is 5.32 Å². The Kier molecular flexibility index (Phi) is 2.15. The topological polar surface area (TPSA) is 34.4 Å². The molecular weight excluding hydrogens is 154 g/mol. The van der Waals surface area contributed by atoms with Crippen LogP contribution in [0.15, 0.2) is 16.7 Å². The summed E-state index contributed by atoms with van der Waals surface area (Å²) in [4.78, 5) is 0. The third-order valence-electron chi connectivity index (χ3n) is 2.23. The molecule has 66 valence electrons. The minimum atomic E-state index is 0.317. The third kappa shape index (κ3) is 1.26. The number of methoxy groups -OCH3 is 1. The van der Waals surface area contributed by atoms with Crippen LogP contribution in [0.25, 0.3) is 0 Å². The lowest BCUT2D eigenvalue weighted by atomic mass is 10.0. The number of ether oxygens (including phenoxy) is 1. The van der Waals surface area contributed by atoms with E-state index in [1.807, 2.05) is 6.07 Å². The van der Waals surface area contributed by atoms with E-state index in [2.05, 4.69) is 5.32 Å². The van der Waals surface area contributed by atoms with Gasteiger partial charge in [-0.2, -0.15) is 0 Å². The molecule has 0 saturated heterocycles. The van der Waals surface area contributed by atoms with Gasteiger partial charge in [0.25, 0.3) is 0 Å². The van der Waals surface area contributed by atoms with Crippen molar-refractivity contribution in [3.63, 3.8) is 0 Å². The van der Waals surface area contributed by atoms with E-state index in [-0.39, 0.29) is 0 Å². The Morgan fingerprint density at radius 2 is 2.67 bits per heavy atom. The van der Waals surface area contributed by atoms with Crippen LogP contribution in [-0.2, 0) is 11.2 Å². The van der Waals surface area contributed by atoms with Crippen molar-refractivity contribution in [2.45, 2.75) is 12.5 Å². The molecule has 0 bridgehead atoms. The molecular formula is C9H13NO2. The quantitative estimate of drug-likeness (QED) is 0.716. The maximum atomic E-state index is 5.34. The van der Waals surface area contributed by atoms with E-state index in [9.17, 15) is 0 Å². The van der Waals surface area contributed by atoms with Crippen LogP contribution in [0.3, 0.4) is 0 Å². The molecule has 1 aliphatic rings. The van der Waals surface area contributed by atoms with Gasteiger partial charge in [-0.25, -0.2) is 0 Å². The van der Waals surface area contributed by atoms with Gasteiger partial charge in [0.2, 0.25) is 0 Å². The summed E-state index contributed by atoms with van der Waals surface area (Å²) in [7, 11) is 1.72. The summed E-state index contributed by atoms with van der Waals surface area (Å²) in [6.45, 7) is 1.70. The van der Waals surface area contributed by atoms with E-state index in [4.69, 9.17) is 9.15 Å². The standard InChI is InChI=1S/C9H13NO2/c1-11-6-8-7-3-5-12-9(7)2-4-10-8/h3,5,8,10H,2,4,6H2,1H3. The highest BCUT2D eigenvalue weighted by Crippen LogP contribution is 2.23. The highest BCUT2D eigenvalue weighted by atomic mass is 16.5. The Labute approximate surface area is 71.7 Å². The SMILES string of the molecule is COCC1NCCc2occc21. The molecule has 1 aromatic heterocycles. The van der Waals surface area contributed by atoms with Crippen molar-refractivity contribution in [3.8, 4) is 0 Å². The van der Waals surface area contributed by atoms with Gasteiger partial charge in [-0.3, -0.25) is 0 Å². The molecule has 12 heavy (non-hydrogen) atoms. The molecule has 0 amide bonds. The Hall–Kier alpha value is -0.800. The third-order valence-corrected chi connectivity index (χ3v) is 2.23. The summed E-state index contributed by atoms with van der Waals surface area (Å²) >= 11 is 0. The lowest BCUT2D eigenvalue weighted by Gasteiger charge is -2.22. The number of hydrogen-bond acceptors (Lipinski definition) is 3. The normalized spacial score (nSPS) is 22.2. The summed E-state index contributed by atoms with van der Waals surface area (Å²) in [6.07, 6.45) is 2.74. The summed E-state index contributed by atoms with van der Waals surface area (Å²) in [5, 5.41) is 3.38. The Balaban J connectivity index is 2.19. The molecule has 3 nitrogen and oxygen atoms in total. The van der Waals surface area contributed by atoms with Gasteiger partial charge in [0.15, 0.2) is 0 Å². The van der Waals surface area contributed by atoms with E-state index in [1.54, 1.807) is 13.4 Å². The van der Waals surface area contributed by atoms with E-state index in [1.165, 1.54) is 5.56 Å². The molecule has 0 aromatic carbocycles. The minimum Gasteiger partial charge on any atom is -0.469 e. The predicted molar refractivity (Wildman–Crippen MR) is 45.0 cm³/mol. The molecule has 0 fully saturated rings. The first-order valence-electron chi connectivity index (χ1n) is 4.20. The maximum absolute atomic E-state index is 5.34. The number of fused-ring (bicyclic) bond motifs is 1. The zero-order valence-electron chi connectivity index (χ0n) is 7.17. The minimum absolute atomic E-state index is 0.317. The lowest BCUT2D eigenvalue weighted by Crippen LogP contribution is -2.31. The van der Waals surface area contributed by atoms with Gasteiger partial charge in [-0.05, 0) is 6.07 Å². The molecule has 2 rings (SSSR count). The molecule has 0 radical (unpaired) electrons. The van der Waals surface area contributed by atoms with Crippen molar-refractivity contribution < 1.29 is 9.15 Å². The number of hydrogen-bond donors (Lipinski definition) is 1. The highest BCUT2D eigenvalue weighted by molar-refractivity contribution is 5.24. The average molecular weight is 167 g/mol. The zero-order valence-corrected chi connectivity index (χ0v) is 7.17. The largest absolute Gasteiger partial charge is 0.469 e. The van der Waals surface area contributed by atoms with Gasteiger partial charge in [0.05, 0.1) is 18.9 Å². The summed E-state index contributed by atoms with van der Waals surface area (Å²) in [5.74, 6) is 1.11. The van der Waals surface area contributed by atoms with E-state index in [0.717, 1.165) is 18.7 Å². The number of furan rings is 1. The van der Waals surface area contributed by atoms with Crippen LogP contribution in [-0.4, -0.2) is 20.3 Å². The first-order chi connectivity index (χ1) is 5.92. The van der Waals surface area contributed by atoms with Crippen LogP contribution in [0.4, 0.5) is 0 Å². The molecule has 0 aliphatic carbocycles. The van der Waals surface area contributed by atoms with E-state index < -0.39 is 0 Å². The van der Waals surface area contributed by atoms with Gasteiger partial charge in [-0.1, -0.05) is 0 Å². The van der Waals surface area contributed by atoms with Crippen LogP contribution < -0.4 is 5.32 Å². The Bertz CT molecular complexity index is 257. The second-order valence-corrected chi connectivity index (χ2v) is 3.01. The first kappa shape index (κ1) is 7.83. The van der Waals surface area contributed by atoms with Crippen molar-refractivity contribution in [2.75, 3.05) is 20.3 Å². The van der Waals surface area contributed by atoms with Gasteiger partial charge >= 0.3 is 0 Å². The molecule has 1 N–H and O–H groups in total. The van der Waals surface area contributed by atoms with Crippen molar-refractivity contribution in [2.24, 2.45) is 0 Å². The second-order valence-electron chi connectivity index (χ2n) is 3.01. The number of rotatable bonds is 2. The summed E-state index contributed by atoms with van der Waals surface area (Å²) in [6, 6.07) is 2.34. The fourth-order valence-electron chi connectivity index (χ4n) is 1.65. The van der Waals surface area contributed by atoms with Gasteiger partial charge in [-0.15, -0.1) is 0 Å². The van der Waals surface area contributed by atoms with Crippen molar-refractivity contribution >= 4 is 0 Å². The monoisotopic (exact) mass is 167 g/mol. The number of nitrogens with one attached hydrogen (secondary N) is 1. The highest BCUT2D eigenvalue weighted by Gasteiger charge is 2.21. The van der Waals surface area contributed by atoms with Gasteiger partial charge in [0, 0.05) is 25.6 Å². The molecule has 2 heterocycles. The van der Waals surface area contributed by atoms with Crippen LogP contribution in [0, 0.1) is 0 Å². The maximum Gasteiger partial charge on any atom is 0.109 e. The van der Waals surface area contributed by atoms with Crippen LogP contribution in [0.1, 0.15) is 17.4 Å². The van der Waals surface area contributed by atoms with Crippen LogP contribution in [0.2, 0.25) is 0 Å². The molecule has 3 heteroatoms. The predicted octanol–water partition coefficient (Wildman–Crippen LogP) is 1.11. The summed E-state index contributed by atoms with van der Waals surface area (Å²) < 4.78 is 10.4. The molecule has 0 saturated carbocycles. The fraction of sp³-hybridized carbons (Fsp3) is 0.556. The average Bonchev–Trinajstić information content (AvgIpc) is 2.53. The van der Waals surface area contributed by atoms with Crippen molar-refractivity contribution in [1.29, 1.82) is 0 Å². The smallest absolute Gasteiger partial charge is 0.109 e. The van der Waals surface area contributed by atoms with Crippen LogP contribution >= 0.6 is 0 Å². The molecule has 0 spiro atoms. The fourth-order valence-corrected chi connectivity index (χ4v) is 1.65. The molecule has 1 aliphatic heterocycles. The van der Waals surface area contributed by atoms with Crippen molar-refractivity contribution in [3.05, 3.63) is 23.7 Å².